The Morgan fingerprint density at radius 3 is 2.55 bits per heavy atom. The summed E-state index contributed by atoms with van der Waals surface area (Å²) >= 11 is 3.32. The molecule has 0 bridgehead atoms. The van der Waals surface area contributed by atoms with Crippen LogP contribution < -0.4 is 0 Å². The topological polar surface area (TPSA) is 17.1 Å². The van der Waals surface area contributed by atoms with E-state index in [1.807, 2.05) is 13.0 Å². The van der Waals surface area contributed by atoms with Crippen molar-refractivity contribution in [1.82, 2.24) is 0 Å². The Hall–Kier alpha value is -1.37. The fourth-order valence-corrected chi connectivity index (χ4v) is 4.68. The molecule has 2 heterocycles. The Morgan fingerprint density at radius 2 is 1.80 bits per heavy atom. The lowest BCUT2D eigenvalue weighted by Crippen LogP contribution is -2.08. The van der Waals surface area contributed by atoms with Crippen LogP contribution in [0.2, 0.25) is 0 Å². The van der Waals surface area contributed by atoms with Gasteiger partial charge in [-0.05, 0) is 44.0 Å². The Labute approximate surface area is 127 Å². The van der Waals surface area contributed by atoms with Crippen molar-refractivity contribution in [2.75, 3.05) is 0 Å². The molecule has 1 nitrogen and oxygen atoms in total. The average molecular weight is 300 g/mol. The summed E-state index contributed by atoms with van der Waals surface area (Å²) in [7, 11) is 0. The molecule has 1 saturated carbocycles. The van der Waals surface area contributed by atoms with E-state index in [1.54, 1.807) is 22.7 Å². The van der Waals surface area contributed by atoms with Crippen molar-refractivity contribution in [1.29, 1.82) is 0 Å². The van der Waals surface area contributed by atoms with Gasteiger partial charge in [-0.15, -0.1) is 28.6 Å². The molecule has 102 valence electrons. The van der Waals surface area contributed by atoms with E-state index in [1.165, 1.54) is 22.6 Å². The Balaban J connectivity index is 1.81. The van der Waals surface area contributed by atoms with Crippen molar-refractivity contribution in [2.45, 2.75) is 32.6 Å². The van der Waals surface area contributed by atoms with E-state index in [2.05, 4.69) is 30.0 Å². The second kappa shape index (κ2) is 5.95. The molecule has 0 N–H and O–H groups in total. The molecule has 0 aromatic carbocycles. The molecule has 3 rings (SSSR count). The Kier molecular flexibility index (Phi) is 4.05. The Morgan fingerprint density at radius 1 is 1.10 bits per heavy atom. The second-order valence-electron chi connectivity index (χ2n) is 5.05. The van der Waals surface area contributed by atoms with E-state index < -0.39 is 0 Å². The molecular formula is C17H16OS2. The smallest absolute Gasteiger partial charge is 0.175 e. The SMILES string of the molecule is CC#Cc1ccc(-c2ccc(C(=O)C3CCCC3)s2)s1. The fraction of sp³-hybridized carbons (Fsp3) is 0.353. The van der Waals surface area contributed by atoms with E-state index in [4.69, 9.17) is 0 Å². The van der Waals surface area contributed by atoms with Crippen molar-refractivity contribution >= 4 is 28.5 Å². The van der Waals surface area contributed by atoms with Gasteiger partial charge in [0, 0.05) is 15.7 Å². The minimum atomic E-state index is 0.270. The van der Waals surface area contributed by atoms with Crippen LogP contribution in [0.25, 0.3) is 9.75 Å². The molecule has 0 amide bonds. The minimum Gasteiger partial charge on any atom is -0.293 e. The maximum Gasteiger partial charge on any atom is 0.175 e. The summed E-state index contributed by atoms with van der Waals surface area (Å²) in [5.41, 5.74) is 0. The highest BCUT2D eigenvalue weighted by Crippen LogP contribution is 2.36. The van der Waals surface area contributed by atoms with Crippen molar-refractivity contribution < 1.29 is 4.79 Å². The molecule has 2 aromatic rings. The molecule has 0 aliphatic heterocycles. The maximum atomic E-state index is 12.4. The molecule has 0 spiro atoms. The van der Waals surface area contributed by atoms with Crippen LogP contribution in [-0.2, 0) is 0 Å². The van der Waals surface area contributed by atoms with E-state index in [-0.39, 0.29) is 5.92 Å². The van der Waals surface area contributed by atoms with Crippen LogP contribution in [0.15, 0.2) is 24.3 Å². The highest BCUT2D eigenvalue weighted by Gasteiger charge is 2.25. The van der Waals surface area contributed by atoms with Gasteiger partial charge in [-0.1, -0.05) is 18.8 Å². The number of hydrogen-bond donors (Lipinski definition) is 0. The molecule has 1 fully saturated rings. The zero-order chi connectivity index (χ0) is 13.9. The first-order chi connectivity index (χ1) is 9.78. The van der Waals surface area contributed by atoms with E-state index >= 15 is 0 Å². The van der Waals surface area contributed by atoms with Crippen molar-refractivity contribution in [2.24, 2.45) is 5.92 Å². The number of carbonyl (C=O) groups is 1. The molecule has 2 aromatic heterocycles. The monoisotopic (exact) mass is 300 g/mol. The van der Waals surface area contributed by atoms with Crippen LogP contribution in [0, 0.1) is 17.8 Å². The molecule has 0 saturated heterocycles. The van der Waals surface area contributed by atoms with Gasteiger partial charge in [0.2, 0.25) is 0 Å². The second-order valence-corrected chi connectivity index (χ2v) is 7.22. The zero-order valence-electron chi connectivity index (χ0n) is 11.4. The standard InChI is InChI=1S/C17H16OS2/c1-2-5-13-8-9-14(19-13)15-10-11-16(20-15)17(18)12-6-3-4-7-12/h8-12H,3-4,6-7H2,1H3. The van der Waals surface area contributed by atoms with Gasteiger partial charge >= 0.3 is 0 Å². The molecule has 1 aliphatic rings. The molecule has 0 atom stereocenters. The van der Waals surface area contributed by atoms with Crippen molar-refractivity contribution in [3.8, 4) is 21.6 Å². The van der Waals surface area contributed by atoms with E-state index in [0.29, 0.717) is 5.78 Å². The summed E-state index contributed by atoms with van der Waals surface area (Å²) in [5, 5.41) is 0. The lowest BCUT2D eigenvalue weighted by molar-refractivity contribution is 0.0927. The number of hydrogen-bond acceptors (Lipinski definition) is 3. The third-order valence-electron chi connectivity index (χ3n) is 3.67. The minimum absolute atomic E-state index is 0.270. The average Bonchev–Trinajstić information content (AvgIpc) is 3.19. The van der Waals surface area contributed by atoms with E-state index in [0.717, 1.165) is 22.6 Å². The predicted octanol–water partition coefficient (Wildman–Crippen LogP) is 5.22. The third-order valence-corrected chi connectivity index (χ3v) is 5.97. The van der Waals surface area contributed by atoms with Crippen LogP contribution in [0.5, 0.6) is 0 Å². The highest BCUT2D eigenvalue weighted by atomic mass is 32.1. The summed E-state index contributed by atoms with van der Waals surface area (Å²) in [6, 6.07) is 8.21. The highest BCUT2D eigenvalue weighted by molar-refractivity contribution is 7.23. The lowest BCUT2D eigenvalue weighted by atomic mass is 10.0. The van der Waals surface area contributed by atoms with Crippen molar-refractivity contribution in [3.05, 3.63) is 34.0 Å². The van der Waals surface area contributed by atoms with Crippen LogP contribution in [0.3, 0.4) is 0 Å². The summed E-state index contributed by atoms with van der Waals surface area (Å²) < 4.78 is 0. The first-order valence-corrected chi connectivity index (χ1v) is 8.58. The molecule has 0 unspecified atom stereocenters. The first kappa shape index (κ1) is 13.6. The van der Waals surface area contributed by atoms with Gasteiger partial charge in [-0.3, -0.25) is 4.79 Å². The van der Waals surface area contributed by atoms with E-state index in [9.17, 15) is 4.79 Å². The first-order valence-electron chi connectivity index (χ1n) is 6.95. The Bertz CT molecular complexity index is 675. The van der Waals surface area contributed by atoms with Gasteiger partial charge < -0.3 is 0 Å². The number of thiophene rings is 2. The summed E-state index contributed by atoms with van der Waals surface area (Å²) in [6.45, 7) is 1.85. The predicted molar refractivity (Wildman–Crippen MR) is 86.5 cm³/mol. The van der Waals surface area contributed by atoms with Crippen molar-refractivity contribution in [3.63, 3.8) is 0 Å². The molecular weight excluding hydrogens is 284 g/mol. The summed E-state index contributed by atoms with van der Waals surface area (Å²) in [5.74, 6) is 6.62. The van der Waals surface area contributed by atoms with Gasteiger partial charge in [-0.25, -0.2) is 0 Å². The molecule has 3 heteroatoms. The maximum absolute atomic E-state index is 12.4. The fourth-order valence-electron chi connectivity index (χ4n) is 2.65. The normalized spacial score (nSPS) is 15.1. The number of rotatable bonds is 3. The molecule has 20 heavy (non-hydrogen) atoms. The van der Waals surface area contributed by atoms with Crippen LogP contribution in [0.1, 0.15) is 47.2 Å². The molecule has 0 radical (unpaired) electrons. The van der Waals surface area contributed by atoms with Gasteiger partial charge in [0.1, 0.15) is 0 Å². The van der Waals surface area contributed by atoms with Crippen LogP contribution in [-0.4, -0.2) is 5.78 Å². The van der Waals surface area contributed by atoms with Crippen LogP contribution in [0.4, 0.5) is 0 Å². The summed E-state index contributed by atoms with van der Waals surface area (Å²) in [4.78, 5) is 16.8. The summed E-state index contributed by atoms with van der Waals surface area (Å²) in [6.07, 6.45) is 4.56. The van der Waals surface area contributed by atoms with Gasteiger partial charge in [-0.2, -0.15) is 0 Å². The molecule has 1 aliphatic carbocycles. The van der Waals surface area contributed by atoms with Crippen LogP contribution >= 0.6 is 22.7 Å². The van der Waals surface area contributed by atoms with Gasteiger partial charge in [0.15, 0.2) is 5.78 Å². The zero-order valence-corrected chi connectivity index (χ0v) is 13.1. The van der Waals surface area contributed by atoms with Gasteiger partial charge in [0.05, 0.1) is 9.75 Å². The largest absolute Gasteiger partial charge is 0.293 e. The quantitative estimate of drug-likeness (QED) is 0.561. The lowest BCUT2D eigenvalue weighted by Gasteiger charge is -2.04. The number of carbonyl (C=O) groups excluding carboxylic acids is 1. The van der Waals surface area contributed by atoms with Gasteiger partial charge in [0.25, 0.3) is 0 Å². The number of ketones is 1. The third kappa shape index (κ3) is 2.72. The number of Topliss-reactive ketones (excluding diaryl/α,β-unsaturated/α-hetero) is 1.